The van der Waals surface area contributed by atoms with Gasteiger partial charge in [-0.25, -0.2) is 13.1 Å². The Hall–Kier alpha value is -2.18. The van der Waals surface area contributed by atoms with Crippen molar-refractivity contribution >= 4 is 15.9 Å². The first-order valence-electron chi connectivity index (χ1n) is 8.26. The van der Waals surface area contributed by atoms with E-state index in [0.717, 1.165) is 11.1 Å². The lowest BCUT2D eigenvalue weighted by Crippen LogP contribution is -2.35. The molecular weight excluding hydrogens is 336 g/mol. The minimum Gasteiger partial charge on any atom is -0.355 e. The Morgan fingerprint density at radius 1 is 1.00 bits per heavy atom. The first-order valence-corrected chi connectivity index (χ1v) is 9.74. The van der Waals surface area contributed by atoms with E-state index in [4.69, 9.17) is 0 Å². The summed E-state index contributed by atoms with van der Waals surface area (Å²) in [5.74, 6) is -0.0882. The lowest BCUT2D eigenvalue weighted by atomic mass is 10.1. The molecule has 0 aliphatic heterocycles. The van der Waals surface area contributed by atoms with Gasteiger partial charge in [-0.3, -0.25) is 4.79 Å². The number of benzene rings is 2. The Kier molecular flexibility index (Phi) is 6.73. The molecule has 5 nitrogen and oxygen atoms in total. The summed E-state index contributed by atoms with van der Waals surface area (Å²) >= 11 is 0. The molecule has 6 heteroatoms. The maximum absolute atomic E-state index is 12.3. The van der Waals surface area contributed by atoms with Crippen molar-refractivity contribution in [3.63, 3.8) is 0 Å². The fraction of sp³-hybridized carbons (Fsp3) is 0.316. The standard InChI is InChI=1S/C19H24N2O3S/c1-15-8-9-16(2)18(14-15)25(23,24)21-13-12-20-19(22)11-10-17-6-4-3-5-7-17/h3-9,14,21H,10-13H2,1-2H3,(H,20,22). The van der Waals surface area contributed by atoms with Gasteiger partial charge in [0.15, 0.2) is 0 Å². The van der Waals surface area contributed by atoms with Crippen LogP contribution in [0.2, 0.25) is 0 Å². The Labute approximate surface area is 149 Å². The van der Waals surface area contributed by atoms with Gasteiger partial charge >= 0.3 is 0 Å². The number of aryl methyl sites for hydroxylation is 3. The summed E-state index contributed by atoms with van der Waals surface area (Å²) in [6.07, 6.45) is 1.05. The van der Waals surface area contributed by atoms with E-state index in [9.17, 15) is 13.2 Å². The van der Waals surface area contributed by atoms with Crippen LogP contribution in [0, 0.1) is 13.8 Å². The van der Waals surface area contributed by atoms with Crippen molar-refractivity contribution in [2.45, 2.75) is 31.6 Å². The minimum absolute atomic E-state index is 0.0882. The van der Waals surface area contributed by atoms with Crippen LogP contribution in [0.3, 0.4) is 0 Å². The highest BCUT2D eigenvalue weighted by molar-refractivity contribution is 7.89. The monoisotopic (exact) mass is 360 g/mol. The maximum Gasteiger partial charge on any atom is 0.240 e. The van der Waals surface area contributed by atoms with Gasteiger partial charge in [0, 0.05) is 19.5 Å². The van der Waals surface area contributed by atoms with Gasteiger partial charge in [-0.15, -0.1) is 0 Å². The predicted octanol–water partition coefficient (Wildman–Crippen LogP) is 2.33. The molecule has 0 aliphatic rings. The maximum atomic E-state index is 12.3. The number of sulfonamides is 1. The van der Waals surface area contributed by atoms with Crippen LogP contribution in [0.4, 0.5) is 0 Å². The van der Waals surface area contributed by atoms with Crippen molar-refractivity contribution in [1.82, 2.24) is 10.0 Å². The van der Waals surface area contributed by atoms with Gasteiger partial charge in [0.05, 0.1) is 4.90 Å². The lowest BCUT2D eigenvalue weighted by molar-refractivity contribution is -0.121. The number of rotatable bonds is 8. The SMILES string of the molecule is Cc1ccc(C)c(S(=O)(=O)NCCNC(=O)CCc2ccccc2)c1. The molecule has 0 aromatic heterocycles. The largest absolute Gasteiger partial charge is 0.355 e. The third kappa shape index (κ3) is 5.99. The van der Waals surface area contributed by atoms with E-state index in [1.54, 1.807) is 19.1 Å². The molecule has 0 aliphatic carbocycles. The van der Waals surface area contributed by atoms with Crippen LogP contribution >= 0.6 is 0 Å². The van der Waals surface area contributed by atoms with Crippen LogP contribution in [0.25, 0.3) is 0 Å². The van der Waals surface area contributed by atoms with Gasteiger partial charge < -0.3 is 5.32 Å². The summed E-state index contributed by atoms with van der Waals surface area (Å²) in [7, 11) is -3.57. The molecule has 2 aromatic carbocycles. The first-order chi connectivity index (χ1) is 11.9. The third-order valence-electron chi connectivity index (χ3n) is 3.86. The molecule has 25 heavy (non-hydrogen) atoms. The summed E-state index contributed by atoms with van der Waals surface area (Å²) in [4.78, 5) is 12.1. The molecule has 2 rings (SSSR count). The zero-order valence-corrected chi connectivity index (χ0v) is 15.4. The number of hydrogen-bond donors (Lipinski definition) is 2. The molecule has 2 aromatic rings. The van der Waals surface area contributed by atoms with Crippen molar-refractivity contribution in [2.24, 2.45) is 0 Å². The van der Waals surface area contributed by atoms with Crippen LogP contribution < -0.4 is 10.0 Å². The highest BCUT2D eigenvalue weighted by Crippen LogP contribution is 2.16. The van der Waals surface area contributed by atoms with Crippen LogP contribution in [0.1, 0.15) is 23.1 Å². The van der Waals surface area contributed by atoms with Crippen molar-refractivity contribution in [1.29, 1.82) is 0 Å². The molecule has 0 heterocycles. The van der Waals surface area contributed by atoms with Gasteiger partial charge in [-0.1, -0.05) is 42.5 Å². The number of amides is 1. The number of nitrogens with one attached hydrogen (secondary N) is 2. The molecule has 0 unspecified atom stereocenters. The summed E-state index contributed by atoms with van der Waals surface area (Å²) in [6, 6.07) is 15.1. The molecule has 1 amide bonds. The molecule has 0 atom stereocenters. The van der Waals surface area contributed by atoms with Crippen LogP contribution in [-0.2, 0) is 21.2 Å². The van der Waals surface area contributed by atoms with E-state index in [-0.39, 0.29) is 23.9 Å². The summed E-state index contributed by atoms with van der Waals surface area (Å²) in [5.41, 5.74) is 2.69. The van der Waals surface area contributed by atoms with E-state index < -0.39 is 10.0 Å². The topological polar surface area (TPSA) is 75.3 Å². The van der Waals surface area contributed by atoms with Crippen LogP contribution in [0.15, 0.2) is 53.4 Å². The van der Waals surface area contributed by atoms with E-state index in [0.29, 0.717) is 18.4 Å². The first kappa shape index (κ1) is 19.1. The highest BCUT2D eigenvalue weighted by Gasteiger charge is 2.16. The minimum atomic E-state index is -3.57. The predicted molar refractivity (Wildman–Crippen MR) is 98.9 cm³/mol. The second kappa shape index (κ2) is 8.78. The Balaban J connectivity index is 1.76. The Morgan fingerprint density at radius 2 is 1.72 bits per heavy atom. The zero-order chi connectivity index (χ0) is 18.3. The molecular formula is C19H24N2O3S. The van der Waals surface area contributed by atoms with Gasteiger partial charge in [0.1, 0.15) is 0 Å². The number of carbonyl (C=O) groups excluding carboxylic acids is 1. The summed E-state index contributed by atoms with van der Waals surface area (Å²) in [6.45, 7) is 4.04. The van der Waals surface area contributed by atoms with Gasteiger partial charge in [-0.2, -0.15) is 0 Å². The average Bonchev–Trinajstić information content (AvgIpc) is 2.60. The fourth-order valence-corrected chi connectivity index (χ4v) is 3.81. The highest BCUT2D eigenvalue weighted by atomic mass is 32.2. The van der Waals surface area contributed by atoms with E-state index in [2.05, 4.69) is 10.0 Å². The average molecular weight is 360 g/mol. The second-order valence-electron chi connectivity index (χ2n) is 6.00. The zero-order valence-electron chi connectivity index (χ0n) is 14.6. The van der Waals surface area contributed by atoms with E-state index in [1.165, 1.54) is 0 Å². The van der Waals surface area contributed by atoms with Gasteiger partial charge in [-0.05, 0) is 43.0 Å². The molecule has 0 spiro atoms. The number of carbonyl (C=O) groups is 1. The van der Waals surface area contributed by atoms with Crippen molar-refractivity contribution in [2.75, 3.05) is 13.1 Å². The summed E-state index contributed by atoms with van der Waals surface area (Å²) < 4.78 is 27.2. The van der Waals surface area contributed by atoms with E-state index in [1.807, 2.05) is 43.3 Å². The summed E-state index contributed by atoms with van der Waals surface area (Å²) in [5, 5.41) is 2.74. The Morgan fingerprint density at radius 3 is 2.44 bits per heavy atom. The quantitative estimate of drug-likeness (QED) is 0.710. The van der Waals surface area contributed by atoms with Crippen LogP contribution in [-0.4, -0.2) is 27.4 Å². The second-order valence-corrected chi connectivity index (χ2v) is 7.74. The Bertz CT molecular complexity index is 818. The molecule has 2 N–H and O–H groups in total. The third-order valence-corrected chi connectivity index (χ3v) is 5.46. The normalized spacial score (nSPS) is 11.3. The molecule has 0 fully saturated rings. The number of hydrogen-bond acceptors (Lipinski definition) is 3. The molecule has 0 saturated heterocycles. The van der Waals surface area contributed by atoms with Gasteiger partial charge in [0.2, 0.25) is 15.9 Å². The lowest BCUT2D eigenvalue weighted by Gasteiger charge is -2.11. The molecule has 0 saturated carbocycles. The molecule has 134 valence electrons. The van der Waals surface area contributed by atoms with Crippen molar-refractivity contribution < 1.29 is 13.2 Å². The molecule has 0 bridgehead atoms. The van der Waals surface area contributed by atoms with Crippen molar-refractivity contribution in [3.05, 3.63) is 65.2 Å². The van der Waals surface area contributed by atoms with Gasteiger partial charge in [0.25, 0.3) is 0 Å². The van der Waals surface area contributed by atoms with Crippen molar-refractivity contribution in [3.8, 4) is 0 Å². The van der Waals surface area contributed by atoms with E-state index >= 15 is 0 Å². The van der Waals surface area contributed by atoms with Crippen LogP contribution in [0.5, 0.6) is 0 Å². The molecule has 0 radical (unpaired) electrons. The smallest absolute Gasteiger partial charge is 0.240 e. The fourth-order valence-electron chi connectivity index (χ4n) is 2.45.